The van der Waals surface area contributed by atoms with Gasteiger partial charge in [-0.1, -0.05) is 29.8 Å². The van der Waals surface area contributed by atoms with Crippen LogP contribution in [0.5, 0.6) is 5.75 Å². The van der Waals surface area contributed by atoms with E-state index in [-0.39, 0.29) is 11.3 Å². The van der Waals surface area contributed by atoms with Gasteiger partial charge in [-0.3, -0.25) is 5.10 Å². The first-order valence-electron chi connectivity index (χ1n) is 8.05. The van der Waals surface area contributed by atoms with Crippen LogP contribution in [0.4, 0.5) is 11.6 Å². The number of aromatic nitrogens is 3. The van der Waals surface area contributed by atoms with Crippen LogP contribution in [-0.2, 0) is 0 Å². The fraction of sp³-hybridized carbons (Fsp3) is 0.211. The maximum absolute atomic E-state index is 8.69. The van der Waals surface area contributed by atoms with Gasteiger partial charge in [-0.25, -0.2) is 4.98 Å². The standard InChI is InChI=1S/C10H8ClN5.C9H12O/c1-6-4-9(16-15-6)13-8-3-2-7(5-12)10(11)14-8;1-8(2)10-9-6-4-3-5-7-9/h2-4H,1H3,(H2,13,14,15,16);3-8H,1-2H3. The summed E-state index contributed by atoms with van der Waals surface area (Å²) in [5.74, 6) is 2.15. The molecule has 0 aliphatic rings. The van der Waals surface area contributed by atoms with Crippen molar-refractivity contribution < 1.29 is 4.74 Å². The highest BCUT2D eigenvalue weighted by Gasteiger charge is 2.04. The number of benzene rings is 1. The second-order valence-electron chi connectivity index (χ2n) is 5.69. The molecule has 7 heteroatoms. The minimum absolute atomic E-state index is 0.180. The van der Waals surface area contributed by atoms with E-state index in [1.165, 1.54) is 0 Å². The molecule has 2 N–H and O–H groups in total. The molecule has 26 heavy (non-hydrogen) atoms. The van der Waals surface area contributed by atoms with Gasteiger partial charge in [-0.15, -0.1) is 0 Å². The third-order valence-electron chi connectivity index (χ3n) is 3.05. The average molecular weight is 370 g/mol. The molecule has 0 amide bonds. The number of hydrogen-bond acceptors (Lipinski definition) is 5. The van der Waals surface area contributed by atoms with Crippen LogP contribution in [0.1, 0.15) is 25.1 Å². The monoisotopic (exact) mass is 369 g/mol. The number of nitrogens with zero attached hydrogens (tertiary/aromatic N) is 3. The van der Waals surface area contributed by atoms with E-state index in [2.05, 4.69) is 20.5 Å². The molecule has 2 heterocycles. The van der Waals surface area contributed by atoms with E-state index in [0.717, 1.165) is 11.4 Å². The summed E-state index contributed by atoms with van der Waals surface area (Å²) in [6, 6.07) is 16.9. The summed E-state index contributed by atoms with van der Waals surface area (Å²) in [6.45, 7) is 5.94. The predicted octanol–water partition coefficient (Wildman–Crippen LogP) is 4.86. The van der Waals surface area contributed by atoms with Gasteiger partial charge in [-0.2, -0.15) is 10.4 Å². The zero-order valence-electron chi connectivity index (χ0n) is 14.8. The van der Waals surface area contributed by atoms with Crippen molar-refractivity contribution in [1.82, 2.24) is 15.2 Å². The van der Waals surface area contributed by atoms with Crippen LogP contribution in [0, 0.1) is 18.3 Å². The number of ether oxygens (including phenoxy) is 1. The molecule has 0 saturated heterocycles. The summed E-state index contributed by atoms with van der Waals surface area (Å²) in [6.07, 6.45) is 0.266. The number of hydrogen-bond donors (Lipinski definition) is 2. The maximum Gasteiger partial charge on any atom is 0.153 e. The number of halogens is 1. The van der Waals surface area contributed by atoms with Gasteiger partial charge in [0, 0.05) is 11.8 Å². The maximum atomic E-state index is 8.69. The van der Waals surface area contributed by atoms with Crippen molar-refractivity contribution in [1.29, 1.82) is 5.26 Å². The number of nitrogens with one attached hydrogen (secondary N) is 2. The first kappa shape index (κ1) is 19.3. The van der Waals surface area contributed by atoms with Crippen molar-refractivity contribution in [2.45, 2.75) is 26.9 Å². The minimum atomic E-state index is 0.180. The number of nitriles is 1. The van der Waals surface area contributed by atoms with Gasteiger partial charge < -0.3 is 10.1 Å². The Hall–Kier alpha value is -3.04. The molecule has 6 nitrogen and oxygen atoms in total. The number of H-pyrrole nitrogens is 1. The second kappa shape index (κ2) is 9.44. The molecule has 0 aliphatic heterocycles. The van der Waals surface area contributed by atoms with Crippen LogP contribution < -0.4 is 10.1 Å². The van der Waals surface area contributed by atoms with Crippen LogP contribution >= 0.6 is 11.6 Å². The van der Waals surface area contributed by atoms with E-state index in [0.29, 0.717) is 17.2 Å². The minimum Gasteiger partial charge on any atom is -0.491 e. The van der Waals surface area contributed by atoms with E-state index in [4.69, 9.17) is 21.6 Å². The average Bonchev–Trinajstić information content (AvgIpc) is 3.01. The van der Waals surface area contributed by atoms with Gasteiger partial charge in [0.2, 0.25) is 0 Å². The highest BCUT2D eigenvalue weighted by molar-refractivity contribution is 6.30. The third kappa shape index (κ3) is 6.11. The van der Waals surface area contributed by atoms with Gasteiger partial charge in [0.1, 0.15) is 22.8 Å². The Morgan fingerprint density at radius 2 is 1.88 bits per heavy atom. The Morgan fingerprint density at radius 1 is 1.15 bits per heavy atom. The molecule has 0 unspecified atom stereocenters. The van der Waals surface area contributed by atoms with Gasteiger partial charge in [0.25, 0.3) is 0 Å². The summed E-state index contributed by atoms with van der Waals surface area (Å²) < 4.78 is 5.41. The lowest BCUT2D eigenvalue weighted by molar-refractivity contribution is 0.242. The van der Waals surface area contributed by atoms with Gasteiger partial charge in [0.15, 0.2) is 5.82 Å². The molecule has 0 atom stereocenters. The Morgan fingerprint density at radius 3 is 2.42 bits per heavy atom. The molecule has 0 radical (unpaired) electrons. The number of pyridine rings is 1. The largest absolute Gasteiger partial charge is 0.491 e. The van der Waals surface area contributed by atoms with Crippen molar-refractivity contribution in [2.24, 2.45) is 0 Å². The van der Waals surface area contributed by atoms with Crippen LogP contribution in [0.25, 0.3) is 0 Å². The molecule has 1 aromatic carbocycles. The quantitative estimate of drug-likeness (QED) is 0.641. The van der Waals surface area contributed by atoms with Crippen molar-refractivity contribution >= 4 is 23.2 Å². The van der Waals surface area contributed by atoms with Crippen LogP contribution in [0.2, 0.25) is 5.15 Å². The molecule has 0 fully saturated rings. The van der Waals surface area contributed by atoms with Crippen LogP contribution in [0.3, 0.4) is 0 Å². The van der Waals surface area contributed by atoms with Crippen molar-refractivity contribution in [3.05, 3.63) is 64.9 Å². The topological polar surface area (TPSA) is 86.6 Å². The number of aromatic amines is 1. The smallest absolute Gasteiger partial charge is 0.153 e. The van der Waals surface area contributed by atoms with E-state index < -0.39 is 0 Å². The first-order chi connectivity index (χ1) is 12.5. The van der Waals surface area contributed by atoms with Gasteiger partial charge in [-0.05, 0) is 45.0 Å². The lowest BCUT2D eigenvalue weighted by Gasteiger charge is -2.07. The van der Waals surface area contributed by atoms with Gasteiger partial charge >= 0.3 is 0 Å². The van der Waals surface area contributed by atoms with E-state index in [9.17, 15) is 0 Å². The van der Waals surface area contributed by atoms with Crippen molar-refractivity contribution in [3.8, 4) is 11.8 Å². The number of para-hydroxylation sites is 1. The summed E-state index contributed by atoms with van der Waals surface area (Å²) in [4.78, 5) is 4.03. The van der Waals surface area contributed by atoms with E-state index in [1.807, 2.05) is 63.2 Å². The molecule has 3 aromatic rings. The zero-order valence-corrected chi connectivity index (χ0v) is 15.6. The summed E-state index contributed by atoms with van der Waals surface area (Å²) in [5.41, 5.74) is 1.30. The second-order valence-corrected chi connectivity index (χ2v) is 6.05. The van der Waals surface area contributed by atoms with Crippen molar-refractivity contribution in [2.75, 3.05) is 5.32 Å². The summed E-state index contributed by atoms with van der Waals surface area (Å²) in [5, 5.41) is 18.6. The zero-order chi connectivity index (χ0) is 18.9. The lowest BCUT2D eigenvalue weighted by atomic mass is 10.3. The Bertz CT molecular complexity index is 871. The molecule has 0 saturated carbocycles. The molecule has 0 aliphatic carbocycles. The fourth-order valence-electron chi connectivity index (χ4n) is 1.97. The number of anilines is 2. The fourth-order valence-corrected chi connectivity index (χ4v) is 2.17. The normalized spacial score (nSPS) is 9.85. The Balaban J connectivity index is 0.000000209. The third-order valence-corrected chi connectivity index (χ3v) is 3.33. The molecular weight excluding hydrogens is 350 g/mol. The highest BCUT2D eigenvalue weighted by Crippen LogP contribution is 2.18. The lowest BCUT2D eigenvalue weighted by Crippen LogP contribution is -2.04. The van der Waals surface area contributed by atoms with Crippen LogP contribution in [0.15, 0.2) is 48.5 Å². The number of aryl methyl sites for hydroxylation is 1. The van der Waals surface area contributed by atoms with Gasteiger partial charge in [0.05, 0.1) is 11.7 Å². The molecule has 3 rings (SSSR count). The molecular formula is C19H20ClN5O. The van der Waals surface area contributed by atoms with Crippen LogP contribution in [-0.4, -0.2) is 21.3 Å². The predicted molar refractivity (Wildman–Crippen MR) is 103 cm³/mol. The van der Waals surface area contributed by atoms with Crippen molar-refractivity contribution in [3.63, 3.8) is 0 Å². The molecule has 134 valence electrons. The molecule has 2 aromatic heterocycles. The number of rotatable bonds is 4. The first-order valence-corrected chi connectivity index (χ1v) is 8.43. The Labute approximate surface area is 157 Å². The highest BCUT2D eigenvalue weighted by atomic mass is 35.5. The van der Waals surface area contributed by atoms with E-state index >= 15 is 0 Å². The molecule has 0 spiro atoms. The summed E-state index contributed by atoms with van der Waals surface area (Å²) >= 11 is 5.80. The summed E-state index contributed by atoms with van der Waals surface area (Å²) in [7, 11) is 0. The van der Waals surface area contributed by atoms with E-state index in [1.54, 1.807) is 12.1 Å². The molecule has 0 bridgehead atoms. The Kier molecular flexibility index (Phi) is 7.01. The SMILES string of the molecule is CC(C)Oc1ccccc1.Cc1cc(Nc2ccc(C#N)c(Cl)n2)n[nH]1.